The molecule has 1 aromatic carbocycles. The molecule has 2 rings (SSSR count). The summed E-state index contributed by atoms with van der Waals surface area (Å²) >= 11 is 0. The summed E-state index contributed by atoms with van der Waals surface area (Å²) < 4.78 is 40.2. The predicted octanol–water partition coefficient (Wildman–Crippen LogP) is 2.20. The van der Waals surface area contributed by atoms with Gasteiger partial charge < -0.3 is 0 Å². The SMILES string of the molecule is Cc1ncccc1NS(=O)(=O)c1cccc(F)c1C#N. The first-order chi connectivity index (χ1) is 9.45. The van der Waals surface area contributed by atoms with Crippen LogP contribution in [0.3, 0.4) is 0 Å². The highest BCUT2D eigenvalue weighted by Gasteiger charge is 2.21. The Balaban J connectivity index is 2.50. The molecule has 7 heteroatoms. The third-order valence-electron chi connectivity index (χ3n) is 2.63. The van der Waals surface area contributed by atoms with E-state index >= 15 is 0 Å². The zero-order valence-electron chi connectivity index (χ0n) is 10.5. The van der Waals surface area contributed by atoms with Gasteiger partial charge in [0.05, 0.1) is 11.4 Å². The van der Waals surface area contributed by atoms with E-state index in [1.165, 1.54) is 24.4 Å². The lowest BCUT2D eigenvalue weighted by atomic mass is 10.2. The highest BCUT2D eigenvalue weighted by atomic mass is 32.2. The van der Waals surface area contributed by atoms with E-state index in [2.05, 4.69) is 9.71 Å². The summed E-state index contributed by atoms with van der Waals surface area (Å²) in [7, 11) is -4.05. The van der Waals surface area contributed by atoms with E-state index in [-0.39, 0.29) is 5.69 Å². The Hall–Kier alpha value is -2.46. The number of aryl methyl sites for hydroxylation is 1. The van der Waals surface area contributed by atoms with Crippen LogP contribution in [0.25, 0.3) is 0 Å². The molecule has 1 heterocycles. The maximum Gasteiger partial charge on any atom is 0.263 e. The van der Waals surface area contributed by atoms with Gasteiger partial charge in [-0.05, 0) is 31.2 Å². The molecule has 1 N–H and O–H groups in total. The number of sulfonamides is 1. The summed E-state index contributed by atoms with van der Waals surface area (Å²) in [6.45, 7) is 1.63. The second-order valence-electron chi connectivity index (χ2n) is 3.97. The molecule has 1 aromatic heterocycles. The molecule has 2 aromatic rings. The topological polar surface area (TPSA) is 82.8 Å². The second-order valence-corrected chi connectivity index (χ2v) is 5.62. The average Bonchev–Trinajstić information content (AvgIpc) is 2.41. The minimum absolute atomic E-state index is 0.278. The Kier molecular flexibility index (Phi) is 3.68. The minimum atomic E-state index is -4.05. The predicted molar refractivity (Wildman–Crippen MR) is 70.9 cm³/mol. The molecule has 0 saturated heterocycles. The van der Waals surface area contributed by atoms with Gasteiger partial charge in [-0.3, -0.25) is 9.71 Å². The number of hydrogen-bond acceptors (Lipinski definition) is 4. The molecule has 0 aliphatic rings. The van der Waals surface area contributed by atoms with Gasteiger partial charge in [-0.25, -0.2) is 12.8 Å². The molecule has 0 spiro atoms. The van der Waals surface area contributed by atoms with Crippen LogP contribution < -0.4 is 4.72 Å². The van der Waals surface area contributed by atoms with Gasteiger partial charge in [-0.1, -0.05) is 6.07 Å². The van der Waals surface area contributed by atoms with E-state index in [9.17, 15) is 12.8 Å². The lowest BCUT2D eigenvalue weighted by Gasteiger charge is -2.10. The first-order valence-corrected chi connectivity index (χ1v) is 7.07. The molecule has 0 aliphatic carbocycles. The molecule has 0 fully saturated rings. The first kappa shape index (κ1) is 14.0. The lowest BCUT2D eigenvalue weighted by molar-refractivity contribution is 0.593. The first-order valence-electron chi connectivity index (χ1n) is 5.59. The number of aromatic nitrogens is 1. The highest BCUT2D eigenvalue weighted by molar-refractivity contribution is 7.92. The fraction of sp³-hybridized carbons (Fsp3) is 0.0769. The Morgan fingerprint density at radius 2 is 2.05 bits per heavy atom. The van der Waals surface area contributed by atoms with Gasteiger partial charge >= 0.3 is 0 Å². The van der Waals surface area contributed by atoms with Crippen LogP contribution in [0.5, 0.6) is 0 Å². The summed E-state index contributed by atoms with van der Waals surface area (Å²) in [5.74, 6) is -0.877. The Bertz CT molecular complexity index is 798. The molecule has 0 radical (unpaired) electrons. The monoisotopic (exact) mass is 291 g/mol. The van der Waals surface area contributed by atoms with Crippen molar-refractivity contribution >= 4 is 15.7 Å². The van der Waals surface area contributed by atoms with Gasteiger partial charge in [0.1, 0.15) is 22.3 Å². The van der Waals surface area contributed by atoms with Crippen molar-refractivity contribution in [3.63, 3.8) is 0 Å². The number of benzene rings is 1. The standard InChI is InChI=1S/C13H10FN3O2S/c1-9-12(5-3-7-16-9)17-20(18,19)13-6-2-4-11(14)10(13)8-15/h2-7,17H,1H3. The van der Waals surface area contributed by atoms with E-state index in [1.54, 1.807) is 19.1 Å². The molecule has 0 unspecified atom stereocenters. The smallest absolute Gasteiger partial charge is 0.263 e. The number of rotatable bonds is 3. The van der Waals surface area contributed by atoms with Crippen molar-refractivity contribution in [1.29, 1.82) is 5.26 Å². The largest absolute Gasteiger partial charge is 0.278 e. The van der Waals surface area contributed by atoms with Gasteiger partial charge in [0.25, 0.3) is 10.0 Å². The van der Waals surface area contributed by atoms with Gasteiger partial charge in [0, 0.05) is 6.20 Å². The van der Waals surface area contributed by atoms with E-state index in [4.69, 9.17) is 5.26 Å². The molecule has 0 atom stereocenters. The fourth-order valence-electron chi connectivity index (χ4n) is 1.63. The number of nitrogens with one attached hydrogen (secondary N) is 1. The van der Waals surface area contributed by atoms with Crippen LogP contribution in [0.1, 0.15) is 11.3 Å². The van der Waals surface area contributed by atoms with Crippen LogP contribution in [-0.4, -0.2) is 13.4 Å². The Morgan fingerprint density at radius 1 is 1.30 bits per heavy atom. The molecule has 0 saturated carbocycles. The van der Waals surface area contributed by atoms with Gasteiger partial charge in [0.2, 0.25) is 0 Å². The summed E-state index contributed by atoms with van der Waals surface area (Å²) in [6.07, 6.45) is 1.52. The minimum Gasteiger partial charge on any atom is -0.278 e. The average molecular weight is 291 g/mol. The number of halogens is 1. The van der Waals surface area contributed by atoms with Crippen LogP contribution >= 0.6 is 0 Å². The van der Waals surface area contributed by atoms with Crippen LogP contribution in [-0.2, 0) is 10.0 Å². The third kappa shape index (κ3) is 2.60. The van der Waals surface area contributed by atoms with Crippen molar-refractivity contribution < 1.29 is 12.8 Å². The molecular weight excluding hydrogens is 281 g/mol. The number of pyridine rings is 1. The molecule has 5 nitrogen and oxygen atoms in total. The molecule has 0 amide bonds. The number of anilines is 1. The fourth-order valence-corrected chi connectivity index (χ4v) is 2.91. The number of nitriles is 1. The summed E-state index contributed by atoms with van der Waals surface area (Å²) in [5, 5.41) is 8.89. The van der Waals surface area contributed by atoms with Crippen molar-refractivity contribution in [2.75, 3.05) is 4.72 Å². The highest BCUT2D eigenvalue weighted by Crippen LogP contribution is 2.22. The van der Waals surface area contributed by atoms with Crippen LogP contribution in [0.4, 0.5) is 10.1 Å². The van der Waals surface area contributed by atoms with Crippen molar-refractivity contribution in [3.8, 4) is 6.07 Å². The summed E-state index contributed by atoms with van der Waals surface area (Å²) in [5.41, 5.74) is 0.244. The molecule has 20 heavy (non-hydrogen) atoms. The lowest BCUT2D eigenvalue weighted by Crippen LogP contribution is -2.16. The van der Waals surface area contributed by atoms with Crippen LogP contribution in [0, 0.1) is 24.1 Å². The zero-order chi connectivity index (χ0) is 14.8. The van der Waals surface area contributed by atoms with Gasteiger partial charge in [-0.2, -0.15) is 5.26 Å². The molecule has 0 aliphatic heterocycles. The molecule has 102 valence electrons. The van der Waals surface area contributed by atoms with E-state index in [0.717, 1.165) is 6.07 Å². The summed E-state index contributed by atoms with van der Waals surface area (Å²) in [6, 6.07) is 8.11. The quantitative estimate of drug-likeness (QED) is 0.939. The van der Waals surface area contributed by atoms with Crippen LogP contribution in [0.2, 0.25) is 0 Å². The van der Waals surface area contributed by atoms with Crippen molar-refractivity contribution in [1.82, 2.24) is 4.98 Å². The number of hydrogen-bond donors (Lipinski definition) is 1. The number of nitrogens with zero attached hydrogens (tertiary/aromatic N) is 2. The van der Waals surface area contributed by atoms with Gasteiger partial charge in [0.15, 0.2) is 0 Å². The normalized spacial score (nSPS) is 10.8. The van der Waals surface area contributed by atoms with E-state index in [1.807, 2.05) is 0 Å². The second kappa shape index (κ2) is 5.27. The maximum absolute atomic E-state index is 13.5. The van der Waals surface area contributed by atoms with Crippen molar-refractivity contribution in [3.05, 3.63) is 53.6 Å². The third-order valence-corrected chi connectivity index (χ3v) is 4.04. The summed E-state index contributed by atoms with van der Waals surface area (Å²) in [4.78, 5) is 3.55. The van der Waals surface area contributed by atoms with Crippen LogP contribution in [0.15, 0.2) is 41.4 Å². The van der Waals surface area contributed by atoms with Crippen molar-refractivity contribution in [2.24, 2.45) is 0 Å². The van der Waals surface area contributed by atoms with Gasteiger partial charge in [-0.15, -0.1) is 0 Å². The zero-order valence-corrected chi connectivity index (χ0v) is 11.3. The Morgan fingerprint density at radius 3 is 2.70 bits per heavy atom. The maximum atomic E-state index is 13.5. The van der Waals surface area contributed by atoms with E-state index in [0.29, 0.717) is 5.69 Å². The Labute approximate surface area is 115 Å². The van der Waals surface area contributed by atoms with Crippen molar-refractivity contribution in [2.45, 2.75) is 11.8 Å². The molecule has 0 bridgehead atoms. The van der Waals surface area contributed by atoms with E-state index < -0.39 is 26.3 Å². The molecular formula is C13H10FN3O2S.